The fraction of sp³-hybridized carbons (Fsp3) is 0.571. The average molecular weight is 272 g/mol. The zero-order valence-electron chi connectivity index (χ0n) is 10.7. The molecular formula is C14H19F3N2. The summed E-state index contributed by atoms with van der Waals surface area (Å²) < 4.78 is 37.7. The van der Waals surface area contributed by atoms with Crippen LogP contribution in [-0.2, 0) is 6.18 Å². The van der Waals surface area contributed by atoms with E-state index in [-0.39, 0.29) is 0 Å². The number of anilines is 1. The standard InChI is InChI=1S/C14H19F3N2/c15-14(16,17)11-2-1-3-13(8-11)19-9-10-4-6-12(18)7-5-10/h1-3,8,10,12,19H,4-7,9,18H2. The largest absolute Gasteiger partial charge is 0.416 e. The van der Waals surface area contributed by atoms with Crippen LogP contribution in [0.15, 0.2) is 24.3 Å². The maximum absolute atomic E-state index is 12.6. The maximum Gasteiger partial charge on any atom is 0.416 e. The van der Waals surface area contributed by atoms with Gasteiger partial charge in [0.25, 0.3) is 0 Å². The Balaban J connectivity index is 1.89. The predicted molar refractivity (Wildman–Crippen MR) is 69.9 cm³/mol. The quantitative estimate of drug-likeness (QED) is 0.881. The highest BCUT2D eigenvalue weighted by molar-refractivity contribution is 5.46. The van der Waals surface area contributed by atoms with Crippen LogP contribution in [0.3, 0.4) is 0 Å². The van der Waals surface area contributed by atoms with Crippen molar-refractivity contribution in [1.82, 2.24) is 0 Å². The number of nitrogens with one attached hydrogen (secondary N) is 1. The van der Waals surface area contributed by atoms with Crippen LogP contribution in [0.2, 0.25) is 0 Å². The summed E-state index contributed by atoms with van der Waals surface area (Å²) >= 11 is 0. The Morgan fingerprint density at radius 2 is 1.84 bits per heavy atom. The van der Waals surface area contributed by atoms with Crippen molar-refractivity contribution in [2.75, 3.05) is 11.9 Å². The topological polar surface area (TPSA) is 38.0 Å². The van der Waals surface area contributed by atoms with Crippen LogP contribution in [-0.4, -0.2) is 12.6 Å². The molecule has 3 N–H and O–H groups in total. The molecule has 0 atom stereocenters. The van der Waals surface area contributed by atoms with Gasteiger partial charge in [0.2, 0.25) is 0 Å². The summed E-state index contributed by atoms with van der Waals surface area (Å²) in [6.45, 7) is 0.716. The molecule has 0 saturated heterocycles. The molecule has 1 aromatic carbocycles. The first kappa shape index (κ1) is 14.2. The smallest absolute Gasteiger partial charge is 0.385 e. The summed E-state index contributed by atoms with van der Waals surface area (Å²) in [5, 5.41) is 3.10. The second-order valence-electron chi connectivity index (χ2n) is 5.24. The van der Waals surface area contributed by atoms with E-state index >= 15 is 0 Å². The normalized spacial score (nSPS) is 24.2. The van der Waals surface area contributed by atoms with E-state index in [2.05, 4.69) is 5.32 Å². The molecule has 2 nitrogen and oxygen atoms in total. The minimum Gasteiger partial charge on any atom is -0.385 e. The molecule has 0 spiro atoms. The lowest BCUT2D eigenvalue weighted by molar-refractivity contribution is -0.137. The monoisotopic (exact) mass is 272 g/mol. The molecular weight excluding hydrogens is 253 g/mol. The van der Waals surface area contributed by atoms with Crippen molar-refractivity contribution >= 4 is 5.69 Å². The Bertz CT molecular complexity index is 409. The van der Waals surface area contributed by atoms with Crippen molar-refractivity contribution in [3.05, 3.63) is 29.8 Å². The van der Waals surface area contributed by atoms with Gasteiger partial charge in [-0.3, -0.25) is 0 Å². The van der Waals surface area contributed by atoms with Gasteiger partial charge in [-0.05, 0) is 49.8 Å². The van der Waals surface area contributed by atoms with E-state index in [1.54, 1.807) is 6.07 Å². The molecule has 0 radical (unpaired) electrons. The van der Waals surface area contributed by atoms with Crippen molar-refractivity contribution in [1.29, 1.82) is 0 Å². The number of hydrogen-bond donors (Lipinski definition) is 2. The number of benzene rings is 1. The molecule has 1 aliphatic carbocycles. The van der Waals surface area contributed by atoms with E-state index in [4.69, 9.17) is 5.73 Å². The highest BCUT2D eigenvalue weighted by Crippen LogP contribution is 2.31. The molecule has 0 aromatic heterocycles. The highest BCUT2D eigenvalue weighted by Gasteiger charge is 2.30. The second-order valence-corrected chi connectivity index (χ2v) is 5.24. The van der Waals surface area contributed by atoms with E-state index in [1.807, 2.05) is 0 Å². The Labute approximate surface area is 111 Å². The van der Waals surface area contributed by atoms with E-state index in [1.165, 1.54) is 6.07 Å². The summed E-state index contributed by atoms with van der Waals surface area (Å²) in [7, 11) is 0. The molecule has 0 heterocycles. The Morgan fingerprint density at radius 1 is 1.16 bits per heavy atom. The molecule has 106 valence electrons. The van der Waals surface area contributed by atoms with Crippen molar-refractivity contribution in [3.8, 4) is 0 Å². The third-order valence-electron chi connectivity index (χ3n) is 3.68. The zero-order valence-corrected chi connectivity index (χ0v) is 10.7. The van der Waals surface area contributed by atoms with E-state index < -0.39 is 11.7 Å². The lowest BCUT2D eigenvalue weighted by Gasteiger charge is -2.26. The first-order chi connectivity index (χ1) is 8.95. The summed E-state index contributed by atoms with van der Waals surface area (Å²) in [6.07, 6.45) is -0.167. The van der Waals surface area contributed by atoms with Gasteiger partial charge in [-0.25, -0.2) is 0 Å². The van der Waals surface area contributed by atoms with Gasteiger partial charge >= 0.3 is 6.18 Å². The summed E-state index contributed by atoms with van der Waals surface area (Å²) in [4.78, 5) is 0. The molecule has 0 amide bonds. The Morgan fingerprint density at radius 3 is 2.47 bits per heavy atom. The molecule has 0 aliphatic heterocycles. The summed E-state index contributed by atoms with van der Waals surface area (Å²) in [5.74, 6) is 0.509. The average Bonchev–Trinajstić information content (AvgIpc) is 2.37. The van der Waals surface area contributed by atoms with E-state index in [0.717, 1.165) is 37.8 Å². The third kappa shape index (κ3) is 4.13. The SMILES string of the molecule is NC1CCC(CNc2cccc(C(F)(F)F)c2)CC1. The minimum absolute atomic E-state index is 0.296. The van der Waals surface area contributed by atoms with Gasteiger partial charge in [-0.2, -0.15) is 13.2 Å². The fourth-order valence-electron chi connectivity index (χ4n) is 2.46. The molecule has 19 heavy (non-hydrogen) atoms. The predicted octanol–water partition coefficient (Wildman–Crippen LogP) is 3.63. The van der Waals surface area contributed by atoms with Gasteiger partial charge in [0.1, 0.15) is 0 Å². The summed E-state index contributed by atoms with van der Waals surface area (Å²) in [5.41, 5.74) is 5.75. The van der Waals surface area contributed by atoms with Gasteiger partial charge in [-0.15, -0.1) is 0 Å². The molecule has 1 aliphatic rings. The number of rotatable bonds is 3. The maximum atomic E-state index is 12.6. The van der Waals surface area contributed by atoms with Crippen LogP contribution in [0.25, 0.3) is 0 Å². The number of hydrogen-bond acceptors (Lipinski definition) is 2. The van der Waals surface area contributed by atoms with Crippen LogP contribution in [0.4, 0.5) is 18.9 Å². The van der Waals surface area contributed by atoms with Crippen molar-refractivity contribution in [2.45, 2.75) is 37.9 Å². The molecule has 2 rings (SSSR count). The van der Waals surface area contributed by atoms with Gasteiger partial charge in [-0.1, -0.05) is 6.07 Å². The second kappa shape index (κ2) is 5.82. The van der Waals surface area contributed by atoms with Crippen molar-refractivity contribution in [2.24, 2.45) is 11.7 Å². The number of halogens is 3. The van der Waals surface area contributed by atoms with Crippen LogP contribution in [0.1, 0.15) is 31.2 Å². The molecule has 1 aromatic rings. The van der Waals surface area contributed by atoms with Gasteiger partial charge in [0.15, 0.2) is 0 Å². The Kier molecular flexibility index (Phi) is 4.34. The van der Waals surface area contributed by atoms with E-state index in [0.29, 0.717) is 24.2 Å². The van der Waals surface area contributed by atoms with Gasteiger partial charge < -0.3 is 11.1 Å². The summed E-state index contributed by atoms with van der Waals surface area (Å²) in [6, 6.07) is 5.65. The van der Waals surface area contributed by atoms with Gasteiger partial charge in [0.05, 0.1) is 5.56 Å². The zero-order chi connectivity index (χ0) is 13.9. The fourth-order valence-corrected chi connectivity index (χ4v) is 2.46. The number of nitrogens with two attached hydrogens (primary N) is 1. The Hall–Kier alpha value is -1.23. The van der Waals surface area contributed by atoms with Crippen LogP contribution < -0.4 is 11.1 Å². The molecule has 0 unspecified atom stereocenters. The third-order valence-corrected chi connectivity index (χ3v) is 3.68. The van der Waals surface area contributed by atoms with Crippen molar-refractivity contribution < 1.29 is 13.2 Å². The van der Waals surface area contributed by atoms with E-state index in [9.17, 15) is 13.2 Å². The highest BCUT2D eigenvalue weighted by atomic mass is 19.4. The van der Waals surface area contributed by atoms with Crippen LogP contribution >= 0.6 is 0 Å². The van der Waals surface area contributed by atoms with Gasteiger partial charge in [0, 0.05) is 18.3 Å². The first-order valence-electron chi connectivity index (χ1n) is 6.62. The first-order valence-corrected chi connectivity index (χ1v) is 6.62. The van der Waals surface area contributed by atoms with Crippen LogP contribution in [0.5, 0.6) is 0 Å². The molecule has 1 saturated carbocycles. The molecule has 1 fully saturated rings. The van der Waals surface area contributed by atoms with Crippen LogP contribution in [0, 0.1) is 5.92 Å². The minimum atomic E-state index is -4.28. The molecule has 5 heteroatoms. The molecule has 0 bridgehead atoms. The van der Waals surface area contributed by atoms with Crippen molar-refractivity contribution in [3.63, 3.8) is 0 Å². The lowest BCUT2D eigenvalue weighted by atomic mass is 9.86. The lowest BCUT2D eigenvalue weighted by Crippen LogP contribution is -2.29. The number of alkyl halides is 3.